The minimum atomic E-state index is -0.512. The van der Waals surface area contributed by atoms with Gasteiger partial charge in [-0.25, -0.2) is 9.37 Å². The SMILES string of the molecule is CCN(C(=O)c1cc(F)ccc1Oc1nncnc1N1CC2(CC(Oc3ccnc4c3CNC4)C2)C1)C(C)C. The van der Waals surface area contributed by atoms with Crippen LogP contribution in [0.2, 0.25) is 0 Å². The predicted octanol–water partition coefficient (Wildman–Crippen LogP) is 3.72. The van der Waals surface area contributed by atoms with Crippen molar-refractivity contribution in [1.29, 1.82) is 0 Å². The van der Waals surface area contributed by atoms with E-state index in [1.807, 2.05) is 33.0 Å². The lowest BCUT2D eigenvalue weighted by Gasteiger charge is -2.58. The Morgan fingerprint density at radius 1 is 1.21 bits per heavy atom. The maximum absolute atomic E-state index is 14.2. The van der Waals surface area contributed by atoms with Crippen LogP contribution in [0.15, 0.2) is 36.8 Å². The van der Waals surface area contributed by atoms with Gasteiger partial charge < -0.3 is 24.6 Å². The summed E-state index contributed by atoms with van der Waals surface area (Å²) < 4.78 is 26.6. The van der Waals surface area contributed by atoms with Gasteiger partial charge in [-0.3, -0.25) is 9.78 Å². The molecule has 3 aliphatic rings. The van der Waals surface area contributed by atoms with Crippen molar-refractivity contribution in [2.45, 2.75) is 58.8 Å². The highest BCUT2D eigenvalue weighted by Gasteiger charge is 2.54. The molecule has 11 heteroatoms. The first-order chi connectivity index (χ1) is 18.9. The third-order valence-corrected chi connectivity index (χ3v) is 7.84. The molecule has 1 aromatic carbocycles. The van der Waals surface area contributed by atoms with Crippen molar-refractivity contribution in [2.24, 2.45) is 5.41 Å². The molecule has 1 aliphatic carbocycles. The quantitative estimate of drug-likeness (QED) is 0.464. The number of benzene rings is 1. The number of amides is 1. The van der Waals surface area contributed by atoms with Crippen LogP contribution in [-0.4, -0.2) is 62.8 Å². The standard InChI is InChI=1S/C28H32FN7O3/c1-4-36(17(2)3)27(37)20-9-18(29)5-6-23(20)39-26-25(32-16-33-34-26)35-14-28(15-35)10-19(11-28)38-24-7-8-31-22-13-30-12-21(22)24/h5-9,16-17,19,30H,4,10-15H2,1-3H3. The largest absolute Gasteiger partial charge is 0.490 e. The average Bonchev–Trinajstić information content (AvgIpc) is 3.36. The Morgan fingerprint density at radius 3 is 2.79 bits per heavy atom. The number of fused-ring (bicyclic) bond motifs is 1. The van der Waals surface area contributed by atoms with E-state index in [0.29, 0.717) is 12.4 Å². The van der Waals surface area contributed by atoms with Crippen molar-refractivity contribution in [3.8, 4) is 17.4 Å². The van der Waals surface area contributed by atoms with Crippen LogP contribution in [0.5, 0.6) is 17.4 Å². The summed E-state index contributed by atoms with van der Waals surface area (Å²) in [6, 6.07) is 5.83. The fraction of sp³-hybridized carbons (Fsp3) is 0.464. The Kier molecular flexibility index (Phi) is 6.54. The van der Waals surface area contributed by atoms with Crippen LogP contribution >= 0.6 is 0 Å². The van der Waals surface area contributed by atoms with E-state index >= 15 is 0 Å². The molecule has 1 spiro atoms. The summed E-state index contributed by atoms with van der Waals surface area (Å²) in [7, 11) is 0. The second-order valence-electron chi connectivity index (χ2n) is 10.9. The molecule has 4 heterocycles. The maximum Gasteiger partial charge on any atom is 0.282 e. The lowest BCUT2D eigenvalue weighted by Crippen LogP contribution is -2.65. The van der Waals surface area contributed by atoms with E-state index in [-0.39, 0.29) is 40.7 Å². The highest BCUT2D eigenvalue weighted by Crippen LogP contribution is 2.52. The van der Waals surface area contributed by atoms with Gasteiger partial charge in [-0.2, -0.15) is 0 Å². The lowest BCUT2D eigenvalue weighted by atomic mass is 9.61. The molecule has 204 valence electrons. The fourth-order valence-electron chi connectivity index (χ4n) is 5.92. The summed E-state index contributed by atoms with van der Waals surface area (Å²) in [5.41, 5.74) is 2.53. The first-order valence-corrected chi connectivity index (χ1v) is 13.4. The highest BCUT2D eigenvalue weighted by molar-refractivity contribution is 5.97. The van der Waals surface area contributed by atoms with Crippen LogP contribution < -0.4 is 19.7 Å². The van der Waals surface area contributed by atoms with Crippen LogP contribution in [0.3, 0.4) is 0 Å². The number of ether oxygens (including phenoxy) is 2. The van der Waals surface area contributed by atoms with E-state index in [9.17, 15) is 9.18 Å². The minimum absolute atomic E-state index is 0.0453. The number of halogens is 1. The zero-order chi connectivity index (χ0) is 27.1. The molecular weight excluding hydrogens is 501 g/mol. The molecule has 0 atom stereocenters. The van der Waals surface area contributed by atoms with Crippen molar-refractivity contribution >= 4 is 11.7 Å². The van der Waals surface area contributed by atoms with Crippen molar-refractivity contribution < 1.29 is 18.7 Å². The normalized spacial score (nSPS) is 17.5. The van der Waals surface area contributed by atoms with E-state index in [2.05, 4.69) is 30.4 Å². The van der Waals surface area contributed by atoms with Gasteiger partial charge in [0, 0.05) is 55.9 Å². The van der Waals surface area contributed by atoms with Crippen LogP contribution in [-0.2, 0) is 13.1 Å². The lowest BCUT2D eigenvalue weighted by molar-refractivity contribution is -0.0349. The van der Waals surface area contributed by atoms with Crippen LogP contribution in [0.25, 0.3) is 0 Å². The first-order valence-electron chi connectivity index (χ1n) is 13.4. The van der Waals surface area contributed by atoms with Gasteiger partial charge in [0.2, 0.25) is 0 Å². The third kappa shape index (κ3) is 4.75. The summed E-state index contributed by atoms with van der Waals surface area (Å²) in [5, 5.41) is 11.4. The third-order valence-electron chi connectivity index (χ3n) is 7.84. The van der Waals surface area contributed by atoms with E-state index in [1.54, 1.807) is 4.90 Å². The number of carbonyl (C=O) groups is 1. The predicted molar refractivity (Wildman–Crippen MR) is 141 cm³/mol. The molecule has 6 rings (SSSR count). The molecular formula is C28H32FN7O3. The van der Waals surface area contributed by atoms with E-state index in [0.717, 1.165) is 56.0 Å². The van der Waals surface area contributed by atoms with Gasteiger partial charge in [0.15, 0.2) is 5.82 Å². The molecule has 1 saturated heterocycles. The molecule has 1 saturated carbocycles. The summed E-state index contributed by atoms with van der Waals surface area (Å²) >= 11 is 0. The van der Waals surface area contributed by atoms with Gasteiger partial charge in [0.05, 0.1) is 11.3 Å². The molecule has 2 aromatic heterocycles. The topological polar surface area (TPSA) is 106 Å². The molecule has 1 amide bonds. The second kappa shape index (κ2) is 10.0. The Bertz CT molecular complexity index is 1390. The molecule has 10 nitrogen and oxygen atoms in total. The Labute approximate surface area is 226 Å². The molecule has 2 fully saturated rings. The molecule has 0 unspecified atom stereocenters. The van der Waals surface area contributed by atoms with Gasteiger partial charge in [0.25, 0.3) is 11.8 Å². The van der Waals surface area contributed by atoms with Gasteiger partial charge in [-0.1, -0.05) is 0 Å². The fourth-order valence-corrected chi connectivity index (χ4v) is 5.92. The Morgan fingerprint density at radius 2 is 2.03 bits per heavy atom. The zero-order valence-corrected chi connectivity index (χ0v) is 22.4. The number of rotatable bonds is 8. The van der Waals surface area contributed by atoms with E-state index in [4.69, 9.17) is 9.47 Å². The molecule has 3 aromatic rings. The van der Waals surface area contributed by atoms with Crippen molar-refractivity contribution in [1.82, 2.24) is 30.4 Å². The van der Waals surface area contributed by atoms with E-state index in [1.165, 1.54) is 24.5 Å². The monoisotopic (exact) mass is 533 g/mol. The summed E-state index contributed by atoms with van der Waals surface area (Å²) in [6.07, 6.45) is 5.29. The van der Waals surface area contributed by atoms with Gasteiger partial charge in [0.1, 0.15) is 29.7 Å². The number of hydrogen-bond donors (Lipinski definition) is 1. The Hall–Kier alpha value is -3.86. The first kappa shape index (κ1) is 25.4. The highest BCUT2D eigenvalue weighted by atomic mass is 19.1. The number of aromatic nitrogens is 4. The number of hydrogen-bond acceptors (Lipinski definition) is 9. The van der Waals surface area contributed by atoms with Crippen molar-refractivity contribution in [2.75, 3.05) is 24.5 Å². The van der Waals surface area contributed by atoms with Gasteiger partial charge in [-0.05, 0) is 57.9 Å². The summed E-state index contributed by atoms with van der Waals surface area (Å²) in [4.78, 5) is 25.8. The molecule has 39 heavy (non-hydrogen) atoms. The van der Waals surface area contributed by atoms with Gasteiger partial charge >= 0.3 is 0 Å². The van der Waals surface area contributed by atoms with Gasteiger partial charge in [-0.15, -0.1) is 10.2 Å². The molecule has 1 N–H and O–H groups in total. The van der Waals surface area contributed by atoms with Crippen molar-refractivity contribution in [3.05, 3.63) is 59.4 Å². The average molecular weight is 534 g/mol. The zero-order valence-electron chi connectivity index (χ0n) is 22.4. The van der Waals surface area contributed by atoms with E-state index < -0.39 is 5.82 Å². The molecule has 2 aliphatic heterocycles. The minimum Gasteiger partial charge on any atom is -0.490 e. The molecule has 0 bridgehead atoms. The van der Waals surface area contributed by atoms with Crippen molar-refractivity contribution in [3.63, 3.8) is 0 Å². The smallest absolute Gasteiger partial charge is 0.282 e. The van der Waals surface area contributed by atoms with Crippen LogP contribution in [0.4, 0.5) is 10.2 Å². The number of nitrogens with zero attached hydrogens (tertiary/aromatic N) is 6. The number of anilines is 1. The summed E-state index contributed by atoms with van der Waals surface area (Å²) in [5.74, 6) is 1.07. The van der Waals surface area contributed by atoms with Crippen LogP contribution in [0, 0.1) is 11.2 Å². The summed E-state index contributed by atoms with van der Waals surface area (Å²) in [6.45, 7) is 9.39. The Balaban J connectivity index is 1.13. The second-order valence-corrected chi connectivity index (χ2v) is 10.9. The number of carbonyl (C=O) groups excluding carboxylic acids is 1. The maximum atomic E-state index is 14.2. The molecule has 0 radical (unpaired) electrons. The number of pyridine rings is 1. The van der Waals surface area contributed by atoms with Crippen LogP contribution in [0.1, 0.15) is 55.2 Å². The number of nitrogens with one attached hydrogen (secondary N) is 1.